The van der Waals surface area contributed by atoms with Crippen molar-refractivity contribution < 1.29 is 9.53 Å². The highest BCUT2D eigenvalue weighted by Gasteiger charge is 2.28. The first-order valence-electron chi connectivity index (χ1n) is 13.4. The Bertz CT molecular complexity index is 2010. The summed E-state index contributed by atoms with van der Waals surface area (Å²) in [5.41, 5.74) is 3.94. The zero-order valence-corrected chi connectivity index (χ0v) is 24.1. The van der Waals surface area contributed by atoms with Crippen LogP contribution in [0.1, 0.15) is 28.7 Å². The minimum atomic E-state index is -0.409. The second kappa shape index (κ2) is 11.7. The second-order valence-corrected chi connectivity index (χ2v) is 10.5. The number of fused-ring (bicyclic) bond motifs is 1. The van der Waals surface area contributed by atoms with Crippen LogP contribution < -0.4 is 20.4 Å². The van der Waals surface area contributed by atoms with Gasteiger partial charge < -0.3 is 15.0 Å². The third-order valence-electron chi connectivity index (χ3n) is 6.79. The first kappa shape index (κ1) is 27.5. The molecule has 0 saturated heterocycles. The Morgan fingerprint density at radius 3 is 2.42 bits per heavy atom. The van der Waals surface area contributed by atoms with Gasteiger partial charge in [0.15, 0.2) is 5.82 Å². The zero-order chi connectivity index (χ0) is 29.9. The van der Waals surface area contributed by atoms with Gasteiger partial charge in [0, 0.05) is 18.3 Å². The van der Waals surface area contributed by atoms with Gasteiger partial charge in [0.1, 0.15) is 21.0 Å². The average Bonchev–Trinajstić information content (AvgIpc) is 3.70. The number of H-pyrrole nitrogens is 2. The Morgan fingerprint density at radius 1 is 1.05 bits per heavy atom. The number of ether oxygens (including phenoxy) is 1. The number of rotatable bonds is 8. The van der Waals surface area contributed by atoms with Crippen molar-refractivity contribution in [3.8, 4) is 39.8 Å². The lowest BCUT2D eigenvalue weighted by Gasteiger charge is -2.19. The van der Waals surface area contributed by atoms with E-state index in [-0.39, 0.29) is 5.91 Å². The van der Waals surface area contributed by atoms with Crippen molar-refractivity contribution >= 4 is 28.5 Å². The van der Waals surface area contributed by atoms with Gasteiger partial charge in [-0.05, 0) is 83.1 Å². The number of nitrogens with one attached hydrogen (secondary N) is 3. The molecule has 0 aliphatic carbocycles. The number of hydrogen-bond acceptors (Lipinski definition) is 8. The highest BCUT2D eigenvalue weighted by molar-refractivity contribution is 7.12. The fourth-order valence-electron chi connectivity index (χ4n) is 4.67. The minimum absolute atomic E-state index is 0.333. The average molecular weight is 591 g/mol. The van der Waals surface area contributed by atoms with Crippen molar-refractivity contribution in [2.45, 2.75) is 13.3 Å². The van der Waals surface area contributed by atoms with E-state index in [1.807, 2.05) is 49.4 Å². The van der Waals surface area contributed by atoms with Gasteiger partial charge >= 0.3 is 5.69 Å². The molecular weight excluding hydrogens is 564 g/mol. The van der Waals surface area contributed by atoms with E-state index in [4.69, 9.17) is 4.74 Å². The molecule has 3 aromatic carbocycles. The van der Waals surface area contributed by atoms with Crippen molar-refractivity contribution in [3.05, 3.63) is 111 Å². The summed E-state index contributed by atoms with van der Waals surface area (Å²) in [6.07, 6.45) is 0.585. The third kappa shape index (κ3) is 5.38. The van der Waals surface area contributed by atoms with Crippen molar-refractivity contribution in [1.29, 1.82) is 0 Å². The van der Waals surface area contributed by atoms with Crippen LogP contribution in [-0.2, 0) is 0 Å². The van der Waals surface area contributed by atoms with Gasteiger partial charge in [-0.2, -0.15) is 0 Å². The number of aromatic amines is 2. The summed E-state index contributed by atoms with van der Waals surface area (Å²) >= 11 is 1.20. The Kier molecular flexibility index (Phi) is 7.50. The molecule has 0 saturated carbocycles. The Hall–Kier alpha value is -5.62. The molecule has 2 aliphatic heterocycles. The molecule has 3 heterocycles. The van der Waals surface area contributed by atoms with Gasteiger partial charge in [-0.1, -0.05) is 31.7 Å². The van der Waals surface area contributed by atoms with Gasteiger partial charge in [-0.3, -0.25) is 14.4 Å². The molecule has 6 rings (SSSR count). The fraction of sp³-hybridized carbons (Fsp3) is 0.0968. The van der Waals surface area contributed by atoms with Crippen LogP contribution in [0.4, 0.5) is 5.69 Å². The van der Waals surface area contributed by atoms with Gasteiger partial charge in [0.2, 0.25) is 0 Å². The highest BCUT2D eigenvalue weighted by Crippen LogP contribution is 2.34. The normalized spacial score (nSPS) is 11.5. The van der Waals surface area contributed by atoms with Gasteiger partial charge in [0.05, 0.1) is 22.6 Å². The number of tetrazole rings is 1. The predicted molar refractivity (Wildman–Crippen MR) is 166 cm³/mol. The molecular formula is C31H26N8O3S. The number of hydrogen-bond donors (Lipinski definition) is 3. The van der Waals surface area contributed by atoms with Crippen LogP contribution in [0.15, 0.2) is 95.2 Å². The number of amides is 1. The third-order valence-corrected chi connectivity index (χ3v) is 7.97. The molecule has 1 aromatic heterocycles. The molecule has 3 N–H and O–H groups in total. The minimum Gasteiger partial charge on any atom is -0.457 e. The zero-order valence-electron chi connectivity index (χ0n) is 23.3. The number of carbonyl (C=O) groups excluding carboxylic acids is 1. The monoisotopic (exact) mass is 590 g/mol. The second-order valence-electron chi connectivity index (χ2n) is 9.47. The highest BCUT2D eigenvalue weighted by atomic mass is 32.1. The lowest BCUT2D eigenvalue weighted by molar-refractivity contribution is 0.103. The topological polar surface area (TPSA) is 143 Å². The molecule has 0 radical (unpaired) electrons. The van der Waals surface area contributed by atoms with Crippen LogP contribution >= 0.6 is 11.3 Å². The van der Waals surface area contributed by atoms with E-state index in [1.54, 1.807) is 48.0 Å². The van der Waals surface area contributed by atoms with E-state index in [2.05, 4.69) is 42.5 Å². The lowest BCUT2D eigenvalue weighted by Crippen LogP contribution is -2.28. The summed E-state index contributed by atoms with van der Waals surface area (Å²) in [5.74, 6) is 1.49. The van der Waals surface area contributed by atoms with Crippen molar-refractivity contribution in [2.24, 2.45) is 4.99 Å². The van der Waals surface area contributed by atoms with Crippen LogP contribution in [0.3, 0.4) is 0 Å². The fourth-order valence-corrected chi connectivity index (χ4v) is 5.65. The van der Waals surface area contributed by atoms with Crippen molar-refractivity contribution in [2.75, 3.05) is 12.4 Å². The molecule has 0 bridgehead atoms. The molecule has 0 spiro atoms. The first-order chi connectivity index (χ1) is 21.0. The van der Waals surface area contributed by atoms with Crippen LogP contribution in [0.25, 0.3) is 33.9 Å². The summed E-state index contributed by atoms with van der Waals surface area (Å²) in [6, 6.07) is 23.8. The number of benzene rings is 3. The van der Waals surface area contributed by atoms with Crippen LogP contribution in [0.2, 0.25) is 0 Å². The summed E-state index contributed by atoms with van der Waals surface area (Å²) in [6.45, 7) is 6.24. The number of aromatic nitrogens is 6. The number of anilines is 1. The van der Waals surface area contributed by atoms with Crippen LogP contribution in [0.5, 0.6) is 11.5 Å². The SMILES string of the molecule is C=C(CC)c1c2c(=NC)sc(C(=O)Nc3ccc(-c4nnn[nH]4)cc3)c-2[nH]c(=O)n1-c1ccc(Oc2ccccc2)cc1. The smallest absolute Gasteiger partial charge is 0.331 e. The quantitative estimate of drug-likeness (QED) is 0.213. The molecule has 214 valence electrons. The van der Waals surface area contributed by atoms with Crippen molar-refractivity contribution in [3.63, 3.8) is 0 Å². The van der Waals surface area contributed by atoms with E-state index in [0.29, 0.717) is 61.6 Å². The van der Waals surface area contributed by atoms with Gasteiger partial charge in [-0.15, -0.1) is 16.4 Å². The summed E-state index contributed by atoms with van der Waals surface area (Å²) in [4.78, 5) is 35.0. The first-order valence-corrected chi connectivity index (χ1v) is 14.2. The number of carbonyl (C=O) groups is 1. The molecule has 0 fully saturated rings. The number of thiophene rings is 1. The molecule has 12 heteroatoms. The van der Waals surface area contributed by atoms with Crippen molar-refractivity contribution in [1.82, 2.24) is 30.2 Å². The summed E-state index contributed by atoms with van der Waals surface area (Å²) in [5, 5.41) is 16.7. The standard InChI is InChI=1S/C31H26N8O3S/c1-4-18(2)26-24-25(34-31(41)39(26)21-14-16-23(17-15-21)42-22-8-6-5-7-9-22)27(43-30(24)32-3)29(40)33-20-12-10-19(11-13-20)28-35-37-38-36-28/h5-17H,2,4H2,1,3H3,(H,33,40)(H,34,41)(H,35,36,37,38). The molecule has 0 unspecified atom stereocenters. The molecule has 43 heavy (non-hydrogen) atoms. The van der Waals surface area contributed by atoms with E-state index in [0.717, 1.165) is 11.1 Å². The van der Waals surface area contributed by atoms with Gasteiger partial charge in [0.25, 0.3) is 5.91 Å². The number of nitrogens with zero attached hydrogens (tertiary/aromatic N) is 5. The molecule has 2 aliphatic rings. The largest absolute Gasteiger partial charge is 0.457 e. The molecule has 1 amide bonds. The van der Waals surface area contributed by atoms with Crippen LogP contribution in [-0.4, -0.2) is 43.1 Å². The maximum atomic E-state index is 13.7. The van der Waals surface area contributed by atoms with E-state index in [9.17, 15) is 9.59 Å². The Morgan fingerprint density at radius 2 is 1.77 bits per heavy atom. The Balaban J connectivity index is 1.38. The molecule has 4 aromatic rings. The lowest BCUT2D eigenvalue weighted by atomic mass is 10.0. The van der Waals surface area contributed by atoms with E-state index < -0.39 is 5.69 Å². The predicted octanol–water partition coefficient (Wildman–Crippen LogP) is 5.51. The van der Waals surface area contributed by atoms with E-state index >= 15 is 0 Å². The Labute approximate surface area is 249 Å². The maximum Gasteiger partial charge on any atom is 0.331 e. The summed E-state index contributed by atoms with van der Waals surface area (Å²) in [7, 11) is 1.66. The number of allylic oxidation sites excluding steroid dienone is 1. The van der Waals surface area contributed by atoms with Gasteiger partial charge in [-0.25, -0.2) is 9.89 Å². The number of para-hydroxylation sites is 1. The molecule has 0 atom stereocenters. The van der Waals surface area contributed by atoms with Crippen LogP contribution in [0, 0.1) is 0 Å². The van der Waals surface area contributed by atoms with E-state index in [1.165, 1.54) is 11.3 Å². The molecule has 11 nitrogen and oxygen atoms in total. The summed E-state index contributed by atoms with van der Waals surface area (Å²) < 4.78 is 8.10. The maximum absolute atomic E-state index is 13.7.